The summed E-state index contributed by atoms with van der Waals surface area (Å²) in [5, 5.41) is 13.9. The van der Waals surface area contributed by atoms with E-state index >= 15 is 0 Å². The molecule has 98 valence electrons. The van der Waals surface area contributed by atoms with E-state index in [0.717, 1.165) is 12.8 Å². The highest BCUT2D eigenvalue weighted by Gasteiger charge is 2.29. The van der Waals surface area contributed by atoms with Crippen molar-refractivity contribution >= 4 is 11.5 Å². The molecule has 0 aliphatic carbocycles. The molecule has 1 N–H and O–H groups in total. The Morgan fingerprint density at radius 2 is 2.39 bits per heavy atom. The molecule has 0 amide bonds. The third kappa shape index (κ3) is 3.16. The van der Waals surface area contributed by atoms with Crippen molar-refractivity contribution in [2.24, 2.45) is 0 Å². The molecule has 0 bridgehead atoms. The quantitative estimate of drug-likeness (QED) is 0.659. The summed E-state index contributed by atoms with van der Waals surface area (Å²) in [4.78, 5) is 14.4. The summed E-state index contributed by atoms with van der Waals surface area (Å²) in [5.41, 5.74) is -0.102. The number of pyridine rings is 1. The van der Waals surface area contributed by atoms with Crippen molar-refractivity contribution in [3.05, 3.63) is 28.4 Å². The summed E-state index contributed by atoms with van der Waals surface area (Å²) >= 11 is 0. The second-order valence-electron chi connectivity index (χ2n) is 5.10. The van der Waals surface area contributed by atoms with Crippen LogP contribution in [0.25, 0.3) is 0 Å². The van der Waals surface area contributed by atoms with Crippen LogP contribution in [-0.2, 0) is 4.74 Å². The number of nitrogens with zero attached hydrogens (tertiary/aromatic N) is 2. The zero-order valence-electron chi connectivity index (χ0n) is 10.5. The minimum atomic E-state index is -0.416. The summed E-state index contributed by atoms with van der Waals surface area (Å²) < 4.78 is 5.63. The topological polar surface area (TPSA) is 77.3 Å². The molecule has 1 aliphatic rings. The van der Waals surface area contributed by atoms with Gasteiger partial charge in [0, 0.05) is 24.9 Å². The Bertz CT molecular complexity index is 448. The van der Waals surface area contributed by atoms with Gasteiger partial charge in [-0.3, -0.25) is 10.1 Å². The predicted molar refractivity (Wildman–Crippen MR) is 67.6 cm³/mol. The van der Waals surface area contributed by atoms with Gasteiger partial charge in [0.25, 0.3) is 5.69 Å². The van der Waals surface area contributed by atoms with Crippen LogP contribution in [0.5, 0.6) is 0 Å². The minimum Gasteiger partial charge on any atom is -0.375 e. The lowest BCUT2D eigenvalue weighted by Crippen LogP contribution is -2.40. The molecule has 1 unspecified atom stereocenters. The lowest BCUT2D eigenvalue weighted by molar-refractivity contribution is -0.384. The first-order chi connectivity index (χ1) is 8.46. The van der Waals surface area contributed by atoms with Crippen LogP contribution in [0.15, 0.2) is 18.3 Å². The van der Waals surface area contributed by atoms with Gasteiger partial charge in [0.2, 0.25) is 0 Å². The Balaban J connectivity index is 2.05. The normalized spacial score (nSPS) is 22.4. The molecule has 1 aliphatic heterocycles. The van der Waals surface area contributed by atoms with Gasteiger partial charge in [-0.25, -0.2) is 4.98 Å². The van der Waals surface area contributed by atoms with Crippen molar-refractivity contribution in [1.82, 2.24) is 4.98 Å². The molecule has 0 saturated carbocycles. The van der Waals surface area contributed by atoms with E-state index in [0.29, 0.717) is 12.4 Å². The van der Waals surface area contributed by atoms with Gasteiger partial charge in [-0.05, 0) is 26.7 Å². The Kier molecular flexibility index (Phi) is 3.47. The maximum absolute atomic E-state index is 10.7. The maximum Gasteiger partial charge on any atom is 0.274 e. The summed E-state index contributed by atoms with van der Waals surface area (Å²) in [6.07, 6.45) is 3.19. The fourth-order valence-electron chi connectivity index (χ4n) is 2.18. The van der Waals surface area contributed by atoms with Crippen LogP contribution in [0.1, 0.15) is 26.7 Å². The number of hydrogen-bond acceptors (Lipinski definition) is 5. The van der Waals surface area contributed by atoms with Crippen molar-refractivity contribution in [1.29, 1.82) is 0 Å². The fourth-order valence-corrected chi connectivity index (χ4v) is 2.18. The van der Waals surface area contributed by atoms with E-state index in [1.165, 1.54) is 18.3 Å². The Morgan fingerprint density at radius 3 is 3.06 bits per heavy atom. The van der Waals surface area contributed by atoms with Crippen LogP contribution in [0.3, 0.4) is 0 Å². The van der Waals surface area contributed by atoms with Crippen molar-refractivity contribution in [3.8, 4) is 0 Å². The van der Waals surface area contributed by atoms with Crippen LogP contribution >= 0.6 is 0 Å². The van der Waals surface area contributed by atoms with E-state index in [4.69, 9.17) is 4.74 Å². The average Bonchev–Trinajstić information content (AvgIpc) is 2.28. The molecule has 1 aromatic rings. The van der Waals surface area contributed by atoms with E-state index in [1.54, 1.807) is 0 Å². The van der Waals surface area contributed by atoms with Crippen molar-refractivity contribution in [3.63, 3.8) is 0 Å². The van der Waals surface area contributed by atoms with Crippen LogP contribution in [-0.4, -0.2) is 28.2 Å². The van der Waals surface area contributed by atoms with Gasteiger partial charge in [0.15, 0.2) is 0 Å². The monoisotopic (exact) mass is 251 g/mol. The molecule has 1 saturated heterocycles. The minimum absolute atomic E-state index is 0.0545. The molecule has 1 atom stereocenters. The second kappa shape index (κ2) is 4.89. The average molecular weight is 251 g/mol. The van der Waals surface area contributed by atoms with Gasteiger partial charge in [-0.15, -0.1) is 0 Å². The molecule has 0 radical (unpaired) electrons. The molecule has 0 aromatic carbocycles. The number of rotatable bonds is 3. The molecule has 2 rings (SSSR count). The van der Waals surface area contributed by atoms with Crippen molar-refractivity contribution < 1.29 is 9.66 Å². The highest BCUT2D eigenvalue weighted by molar-refractivity contribution is 5.44. The number of anilines is 1. The van der Waals surface area contributed by atoms with Crippen LogP contribution in [0.4, 0.5) is 11.5 Å². The Labute approximate surface area is 106 Å². The summed E-state index contributed by atoms with van der Waals surface area (Å²) in [6.45, 7) is 4.78. The highest BCUT2D eigenvalue weighted by Crippen LogP contribution is 2.26. The van der Waals surface area contributed by atoms with Crippen LogP contribution < -0.4 is 5.32 Å². The maximum atomic E-state index is 10.7. The van der Waals surface area contributed by atoms with E-state index in [2.05, 4.69) is 10.3 Å². The second-order valence-corrected chi connectivity index (χ2v) is 5.10. The highest BCUT2D eigenvalue weighted by atomic mass is 16.6. The number of ether oxygens (including phenoxy) is 1. The van der Waals surface area contributed by atoms with E-state index in [9.17, 15) is 10.1 Å². The lowest BCUT2D eigenvalue weighted by atomic mass is 9.94. The third-order valence-corrected chi connectivity index (χ3v) is 3.00. The molecule has 6 heteroatoms. The smallest absolute Gasteiger partial charge is 0.274 e. The number of hydrogen-bond donors (Lipinski definition) is 1. The number of nitrogens with one attached hydrogen (secondary N) is 1. The zero-order valence-corrected chi connectivity index (χ0v) is 10.5. The Morgan fingerprint density at radius 1 is 1.61 bits per heavy atom. The fraction of sp³-hybridized carbons (Fsp3) is 0.583. The van der Waals surface area contributed by atoms with Gasteiger partial charge >= 0.3 is 0 Å². The van der Waals surface area contributed by atoms with Crippen LogP contribution in [0.2, 0.25) is 0 Å². The molecule has 18 heavy (non-hydrogen) atoms. The molecule has 0 spiro atoms. The molecule has 2 heterocycles. The van der Waals surface area contributed by atoms with Crippen molar-refractivity contribution in [2.45, 2.75) is 38.3 Å². The van der Waals surface area contributed by atoms with Gasteiger partial charge in [-0.2, -0.15) is 0 Å². The van der Waals surface area contributed by atoms with Gasteiger partial charge in [0.1, 0.15) is 5.82 Å². The SMILES string of the molecule is CC1(C)CC(Nc2cc([N+](=O)[O-])ccn2)CCO1. The van der Waals surface area contributed by atoms with E-state index in [-0.39, 0.29) is 17.3 Å². The third-order valence-electron chi connectivity index (χ3n) is 3.00. The molecular formula is C12H17N3O3. The first-order valence-corrected chi connectivity index (χ1v) is 5.97. The first-order valence-electron chi connectivity index (χ1n) is 5.97. The Hall–Kier alpha value is -1.69. The van der Waals surface area contributed by atoms with E-state index < -0.39 is 4.92 Å². The predicted octanol–water partition coefficient (Wildman–Crippen LogP) is 2.36. The number of aromatic nitrogens is 1. The summed E-state index contributed by atoms with van der Waals surface area (Å²) in [7, 11) is 0. The molecule has 1 aromatic heterocycles. The number of nitro groups is 1. The van der Waals surface area contributed by atoms with Gasteiger partial charge in [-0.1, -0.05) is 0 Å². The molecule has 6 nitrogen and oxygen atoms in total. The standard InChI is InChI=1S/C12H17N3O3/c1-12(2)8-9(4-6-18-12)14-11-7-10(15(16)17)3-5-13-11/h3,5,7,9H,4,6,8H2,1-2H3,(H,13,14). The largest absolute Gasteiger partial charge is 0.375 e. The summed E-state index contributed by atoms with van der Waals surface area (Å²) in [6, 6.07) is 3.09. The zero-order chi connectivity index (χ0) is 13.2. The molecular weight excluding hydrogens is 234 g/mol. The van der Waals surface area contributed by atoms with Gasteiger partial charge < -0.3 is 10.1 Å². The van der Waals surface area contributed by atoms with Crippen molar-refractivity contribution in [2.75, 3.05) is 11.9 Å². The van der Waals surface area contributed by atoms with Gasteiger partial charge in [0.05, 0.1) is 16.6 Å². The lowest BCUT2D eigenvalue weighted by Gasteiger charge is -2.36. The first kappa shape index (κ1) is 12.8. The van der Waals surface area contributed by atoms with E-state index in [1.807, 2.05) is 13.8 Å². The van der Waals surface area contributed by atoms with Crippen LogP contribution in [0, 0.1) is 10.1 Å². The molecule has 1 fully saturated rings. The summed E-state index contributed by atoms with van der Waals surface area (Å²) in [5.74, 6) is 0.548.